The molecule has 0 rings (SSSR count). The Morgan fingerprint density at radius 3 is 2.50 bits per heavy atom. The fourth-order valence-corrected chi connectivity index (χ4v) is 0.994. The molecule has 0 saturated heterocycles. The number of allylic oxidation sites excluding steroid dienone is 2. The minimum Gasteiger partial charge on any atom is -0.298 e. The van der Waals surface area contributed by atoms with Gasteiger partial charge >= 0.3 is 0 Å². The Bertz CT molecular complexity index is 145. The van der Waals surface area contributed by atoms with Crippen LogP contribution in [-0.2, 0) is 4.79 Å². The van der Waals surface area contributed by atoms with Crippen molar-refractivity contribution in [1.29, 1.82) is 0 Å². The van der Waals surface area contributed by atoms with Crippen LogP contribution in [0, 0.1) is 5.92 Å². The van der Waals surface area contributed by atoms with Crippen LogP contribution in [0.5, 0.6) is 0 Å². The van der Waals surface area contributed by atoms with Crippen LogP contribution in [0.1, 0.15) is 46.5 Å². The van der Waals surface area contributed by atoms with Crippen molar-refractivity contribution in [2.45, 2.75) is 46.5 Å². The van der Waals surface area contributed by atoms with Gasteiger partial charge in [-0.05, 0) is 30.8 Å². The quantitative estimate of drug-likeness (QED) is 0.439. The van der Waals surface area contributed by atoms with Crippen LogP contribution in [0.3, 0.4) is 0 Å². The molecule has 1 heteroatoms. The first-order valence-corrected chi connectivity index (χ1v) is 4.84. The molecule has 0 aliphatic carbocycles. The predicted molar refractivity (Wildman–Crippen MR) is 53.1 cm³/mol. The van der Waals surface area contributed by atoms with Crippen LogP contribution in [0.25, 0.3) is 0 Å². The standard InChI is InChI=1S/C11H20O/c1-4-5-6-11(9-12)8-7-10(2)3/h6,9-10H,4-5,7-8H2,1-3H3. The first-order chi connectivity index (χ1) is 5.70. The van der Waals surface area contributed by atoms with Crippen molar-refractivity contribution in [3.63, 3.8) is 0 Å². The highest BCUT2D eigenvalue weighted by Crippen LogP contribution is 2.10. The van der Waals surface area contributed by atoms with E-state index in [0.29, 0.717) is 5.92 Å². The summed E-state index contributed by atoms with van der Waals surface area (Å²) in [6, 6.07) is 0. The topological polar surface area (TPSA) is 17.1 Å². The normalized spacial score (nSPS) is 12.2. The van der Waals surface area contributed by atoms with E-state index >= 15 is 0 Å². The molecule has 0 aromatic rings. The molecular formula is C11H20O. The van der Waals surface area contributed by atoms with Gasteiger partial charge in [0, 0.05) is 0 Å². The summed E-state index contributed by atoms with van der Waals surface area (Å²) in [6.07, 6.45) is 7.29. The van der Waals surface area contributed by atoms with Crippen LogP contribution in [0.2, 0.25) is 0 Å². The van der Waals surface area contributed by atoms with Crippen molar-refractivity contribution in [3.8, 4) is 0 Å². The average molecular weight is 168 g/mol. The number of unbranched alkanes of at least 4 members (excludes halogenated alkanes) is 1. The second-order valence-electron chi connectivity index (χ2n) is 3.62. The lowest BCUT2D eigenvalue weighted by Crippen LogP contribution is -1.91. The van der Waals surface area contributed by atoms with Gasteiger partial charge in [-0.1, -0.05) is 33.3 Å². The van der Waals surface area contributed by atoms with Crippen LogP contribution >= 0.6 is 0 Å². The van der Waals surface area contributed by atoms with Gasteiger partial charge in [-0.2, -0.15) is 0 Å². The Morgan fingerprint density at radius 1 is 1.42 bits per heavy atom. The lowest BCUT2D eigenvalue weighted by Gasteiger charge is -2.03. The molecule has 0 bridgehead atoms. The number of hydrogen-bond acceptors (Lipinski definition) is 1. The molecule has 0 radical (unpaired) electrons. The lowest BCUT2D eigenvalue weighted by atomic mass is 10.0. The Kier molecular flexibility index (Phi) is 6.73. The van der Waals surface area contributed by atoms with Gasteiger partial charge in [0.25, 0.3) is 0 Å². The van der Waals surface area contributed by atoms with Gasteiger partial charge in [-0.25, -0.2) is 0 Å². The summed E-state index contributed by atoms with van der Waals surface area (Å²) in [5.74, 6) is 0.690. The third-order valence-corrected chi connectivity index (χ3v) is 1.86. The third kappa shape index (κ3) is 6.14. The number of carbonyl (C=O) groups is 1. The van der Waals surface area contributed by atoms with Gasteiger partial charge in [0.2, 0.25) is 0 Å². The molecule has 0 aromatic heterocycles. The average Bonchev–Trinajstić information content (AvgIpc) is 2.05. The zero-order chi connectivity index (χ0) is 9.40. The number of aldehydes is 1. The molecule has 0 spiro atoms. The molecule has 0 aliphatic heterocycles. The fourth-order valence-electron chi connectivity index (χ4n) is 0.994. The van der Waals surface area contributed by atoms with Crippen LogP contribution in [0.15, 0.2) is 11.6 Å². The minimum absolute atomic E-state index is 0.690. The summed E-state index contributed by atoms with van der Waals surface area (Å²) in [4.78, 5) is 10.6. The molecule has 1 nitrogen and oxygen atoms in total. The molecule has 70 valence electrons. The van der Waals surface area contributed by atoms with Gasteiger partial charge in [0.15, 0.2) is 0 Å². The summed E-state index contributed by atoms with van der Waals surface area (Å²) in [6.45, 7) is 6.49. The molecule has 0 N–H and O–H groups in total. The first-order valence-electron chi connectivity index (χ1n) is 4.84. The molecule has 12 heavy (non-hydrogen) atoms. The summed E-state index contributed by atoms with van der Waals surface area (Å²) >= 11 is 0. The highest BCUT2D eigenvalue weighted by atomic mass is 16.1. The smallest absolute Gasteiger partial charge is 0.145 e. The molecule has 0 amide bonds. The summed E-state index contributed by atoms with van der Waals surface area (Å²) < 4.78 is 0. The Hall–Kier alpha value is -0.590. The zero-order valence-electron chi connectivity index (χ0n) is 8.47. The second kappa shape index (κ2) is 7.08. The van der Waals surface area contributed by atoms with E-state index in [1.54, 1.807) is 0 Å². The van der Waals surface area contributed by atoms with Gasteiger partial charge in [0.05, 0.1) is 0 Å². The molecule has 0 atom stereocenters. The van der Waals surface area contributed by atoms with Crippen molar-refractivity contribution in [1.82, 2.24) is 0 Å². The molecule has 0 aliphatic rings. The van der Waals surface area contributed by atoms with Crippen LogP contribution in [0.4, 0.5) is 0 Å². The maximum Gasteiger partial charge on any atom is 0.145 e. The first kappa shape index (κ1) is 11.4. The maximum atomic E-state index is 10.6. The highest BCUT2D eigenvalue weighted by Gasteiger charge is 1.97. The van der Waals surface area contributed by atoms with Gasteiger partial charge < -0.3 is 0 Å². The number of carbonyl (C=O) groups excluding carboxylic acids is 1. The van der Waals surface area contributed by atoms with Gasteiger partial charge in [-0.3, -0.25) is 4.79 Å². The zero-order valence-corrected chi connectivity index (χ0v) is 8.47. The van der Waals surface area contributed by atoms with Crippen molar-refractivity contribution >= 4 is 6.29 Å². The summed E-state index contributed by atoms with van der Waals surface area (Å²) in [5.41, 5.74) is 0.977. The monoisotopic (exact) mass is 168 g/mol. The van der Waals surface area contributed by atoms with Crippen molar-refractivity contribution in [2.75, 3.05) is 0 Å². The van der Waals surface area contributed by atoms with E-state index in [1.807, 2.05) is 0 Å². The highest BCUT2D eigenvalue weighted by molar-refractivity contribution is 5.72. The Balaban J connectivity index is 3.74. The third-order valence-electron chi connectivity index (χ3n) is 1.86. The number of hydrogen-bond donors (Lipinski definition) is 0. The van der Waals surface area contributed by atoms with E-state index in [0.717, 1.165) is 37.5 Å². The minimum atomic E-state index is 0.690. The van der Waals surface area contributed by atoms with E-state index in [-0.39, 0.29) is 0 Å². The van der Waals surface area contributed by atoms with Gasteiger partial charge in [-0.15, -0.1) is 0 Å². The van der Waals surface area contributed by atoms with Crippen LogP contribution < -0.4 is 0 Å². The largest absolute Gasteiger partial charge is 0.298 e. The van der Waals surface area contributed by atoms with E-state index in [1.165, 1.54) is 0 Å². The van der Waals surface area contributed by atoms with Crippen molar-refractivity contribution < 1.29 is 4.79 Å². The molecule has 0 aromatic carbocycles. The SMILES string of the molecule is CCCC=C(C=O)CCC(C)C. The number of rotatable bonds is 6. The molecule has 0 saturated carbocycles. The lowest BCUT2D eigenvalue weighted by molar-refractivity contribution is -0.105. The summed E-state index contributed by atoms with van der Waals surface area (Å²) in [7, 11) is 0. The van der Waals surface area contributed by atoms with Crippen LogP contribution in [-0.4, -0.2) is 6.29 Å². The second-order valence-corrected chi connectivity index (χ2v) is 3.62. The maximum absolute atomic E-state index is 10.6. The fraction of sp³-hybridized carbons (Fsp3) is 0.727. The van der Waals surface area contributed by atoms with E-state index in [4.69, 9.17) is 0 Å². The Labute approximate surface area is 75.9 Å². The predicted octanol–water partition coefficient (Wildman–Crippen LogP) is 3.35. The van der Waals surface area contributed by atoms with E-state index < -0.39 is 0 Å². The summed E-state index contributed by atoms with van der Waals surface area (Å²) in [5, 5.41) is 0. The van der Waals surface area contributed by atoms with Crippen molar-refractivity contribution in [2.24, 2.45) is 5.92 Å². The van der Waals surface area contributed by atoms with Crippen molar-refractivity contribution in [3.05, 3.63) is 11.6 Å². The van der Waals surface area contributed by atoms with Gasteiger partial charge in [0.1, 0.15) is 6.29 Å². The molecule has 0 unspecified atom stereocenters. The molecule has 0 fully saturated rings. The molecule has 0 heterocycles. The molecular weight excluding hydrogens is 148 g/mol. The Morgan fingerprint density at radius 2 is 2.08 bits per heavy atom. The van der Waals surface area contributed by atoms with E-state index in [9.17, 15) is 4.79 Å². The van der Waals surface area contributed by atoms with E-state index in [2.05, 4.69) is 26.8 Å².